The summed E-state index contributed by atoms with van der Waals surface area (Å²) >= 11 is 0. The molecule has 1 N–H and O–H groups in total. The third-order valence-corrected chi connectivity index (χ3v) is 4.84. The van der Waals surface area contributed by atoms with E-state index < -0.39 is 35.6 Å². The molecule has 2 heterocycles. The van der Waals surface area contributed by atoms with Gasteiger partial charge in [-0.3, -0.25) is 19.5 Å². The van der Waals surface area contributed by atoms with Crippen molar-refractivity contribution in [1.29, 1.82) is 0 Å². The summed E-state index contributed by atoms with van der Waals surface area (Å²) < 4.78 is 42.0. The maximum atomic E-state index is 13.0. The SMILES string of the molecule is O=C1C(=O)N(c2cccc(OC(F)(F)F)c2)C(c2ccccc2)/C1=C(\O)c1ccncc1. The molecule has 2 aromatic carbocycles. The number of carbonyl (C=O) groups is 2. The highest BCUT2D eigenvalue weighted by atomic mass is 19.4. The third kappa shape index (κ3) is 4.04. The van der Waals surface area contributed by atoms with Gasteiger partial charge in [-0.1, -0.05) is 36.4 Å². The third-order valence-electron chi connectivity index (χ3n) is 4.84. The minimum absolute atomic E-state index is 0.0106. The van der Waals surface area contributed by atoms with E-state index in [-0.39, 0.29) is 16.8 Å². The van der Waals surface area contributed by atoms with Gasteiger partial charge in [0.25, 0.3) is 11.7 Å². The summed E-state index contributed by atoms with van der Waals surface area (Å²) in [6.07, 6.45) is -2.09. The van der Waals surface area contributed by atoms with E-state index in [1.165, 1.54) is 36.7 Å². The van der Waals surface area contributed by atoms with Crippen LogP contribution < -0.4 is 9.64 Å². The molecule has 1 saturated heterocycles. The molecule has 1 fully saturated rings. The molecule has 1 aliphatic heterocycles. The van der Waals surface area contributed by atoms with Crippen molar-refractivity contribution in [2.24, 2.45) is 0 Å². The van der Waals surface area contributed by atoms with E-state index in [1.807, 2.05) is 0 Å². The second-order valence-corrected chi connectivity index (χ2v) is 6.86. The number of aromatic nitrogens is 1. The Kier molecular flexibility index (Phi) is 5.40. The molecule has 1 amide bonds. The molecule has 9 heteroatoms. The van der Waals surface area contributed by atoms with Gasteiger partial charge in [-0.25, -0.2) is 0 Å². The zero-order valence-corrected chi connectivity index (χ0v) is 16.3. The van der Waals surface area contributed by atoms with Crippen LogP contribution in [0.2, 0.25) is 0 Å². The van der Waals surface area contributed by atoms with Gasteiger partial charge in [0.2, 0.25) is 0 Å². The molecule has 3 aromatic rings. The molecule has 1 aromatic heterocycles. The van der Waals surface area contributed by atoms with Gasteiger partial charge in [-0.15, -0.1) is 13.2 Å². The van der Waals surface area contributed by atoms with Gasteiger partial charge in [0.15, 0.2) is 0 Å². The molecule has 6 nitrogen and oxygen atoms in total. The van der Waals surface area contributed by atoms with Gasteiger partial charge < -0.3 is 9.84 Å². The van der Waals surface area contributed by atoms with E-state index in [0.717, 1.165) is 17.0 Å². The molecule has 4 rings (SSSR count). The van der Waals surface area contributed by atoms with Crippen LogP contribution in [0.1, 0.15) is 17.2 Å². The standard InChI is InChI=1S/C23H15F3N2O4/c24-23(25,26)32-17-8-4-7-16(13-17)28-19(14-5-2-1-3-6-14)18(21(30)22(28)31)20(29)15-9-11-27-12-10-15/h1-13,19,29H/b20-18+. The Morgan fingerprint density at radius 1 is 0.969 bits per heavy atom. The first-order chi connectivity index (χ1) is 15.3. The zero-order chi connectivity index (χ0) is 22.9. The molecular formula is C23H15F3N2O4. The van der Waals surface area contributed by atoms with Crippen LogP contribution in [-0.2, 0) is 9.59 Å². The van der Waals surface area contributed by atoms with Crippen LogP contribution in [0.4, 0.5) is 18.9 Å². The topological polar surface area (TPSA) is 79.7 Å². The molecule has 0 bridgehead atoms. The predicted octanol–water partition coefficient (Wildman–Crippen LogP) is 4.61. The Balaban J connectivity index is 1.88. The van der Waals surface area contributed by atoms with Crippen LogP contribution in [0.3, 0.4) is 0 Å². The fourth-order valence-corrected chi connectivity index (χ4v) is 3.55. The fraction of sp³-hybridized carbons (Fsp3) is 0.0870. The predicted molar refractivity (Wildman–Crippen MR) is 109 cm³/mol. The minimum Gasteiger partial charge on any atom is -0.507 e. The number of amides is 1. The number of aliphatic hydroxyl groups is 1. The maximum absolute atomic E-state index is 13.0. The number of aliphatic hydroxyl groups excluding tert-OH is 1. The van der Waals surface area contributed by atoms with E-state index in [4.69, 9.17) is 0 Å². The van der Waals surface area contributed by atoms with E-state index >= 15 is 0 Å². The molecule has 1 atom stereocenters. The smallest absolute Gasteiger partial charge is 0.507 e. The van der Waals surface area contributed by atoms with E-state index in [9.17, 15) is 27.9 Å². The lowest BCUT2D eigenvalue weighted by Gasteiger charge is -2.25. The Hall–Kier alpha value is -4.14. The second kappa shape index (κ2) is 8.18. The highest BCUT2D eigenvalue weighted by molar-refractivity contribution is 6.51. The lowest BCUT2D eigenvalue weighted by atomic mass is 9.95. The number of Topliss-reactive ketones (excluding diaryl/α,β-unsaturated/α-hetero) is 1. The van der Waals surface area contributed by atoms with Gasteiger partial charge in [0, 0.05) is 29.7 Å². The lowest BCUT2D eigenvalue weighted by Crippen LogP contribution is -2.29. The Labute approximate surface area is 180 Å². The van der Waals surface area contributed by atoms with Crippen LogP contribution >= 0.6 is 0 Å². The van der Waals surface area contributed by atoms with Crippen LogP contribution in [0, 0.1) is 0 Å². The summed E-state index contributed by atoms with van der Waals surface area (Å²) in [6, 6.07) is 15.1. The molecule has 1 aliphatic rings. The highest BCUT2D eigenvalue weighted by Crippen LogP contribution is 2.42. The number of ketones is 1. The van der Waals surface area contributed by atoms with E-state index in [0.29, 0.717) is 5.56 Å². The minimum atomic E-state index is -4.92. The molecular weight excluding hydrogens is 425 g/mol. The van der Waals surface area contributed by atoms with Crippen molar-refractivity contribution in [2.75, 3.05) is 4.90 Å². The first-order valence-corrected chi connectivity index (χ1v) is 9.38. The average Bonchev–Trinajstić information content (AvgIpc) is 3.04. The molecule has 1 unspecified atom stereocenters. The van der Waals surface area contributed by atoms with Gasteiger partial charge in [0.1, 0.15) is 11.5 Å². The molecule has 32 heavy (non-hydrogen) atoms. The number of nitrogens with zero attached hydrogens (tertiary/aromatic N) is 2. The monoisotopic (exact) mass is 440 g/mol. The summed E-state index contributed by atoms with van der Waals surface area (Å²) in [5.41, 5.74) is 0.587. The van der Waals surface area contributed by atoms with E-state index in [2.05, 4.69) is 9.72 Å². The lowest BCUT2D eigenvalue weighted by molar-refractivity contribution is -0.274. The number of rotatable bonds is 4. The number of pyridine rings is 1. The normalized spacial score (nSPS) is 18.1. The van der Waals surface area contributed by atoms with Gasteiger partial charge in [-0.05, 0) is 29.8 Å². The number of ether oxygens (including phenoxy) is 1. The molecule has 0 saturated carbocycles. The summed E-state index contributed by atoms with van der Waals surface area (Å²) in [6.45, 7) is 0. The molecule has 162 valence electrons. The van der Waals surface area contributed by atoms with Crippen LogP contribution in [0.5, 0.6) is 5.75 Å². The van der Waals surface area contributed by atoms with Crippen molar-refractivity contribution in [3.05, 3.63) is 95.8 Å². The van der Waals surface area contributed by atoms with Crippen LogP contribution in [0.15, 0.2) is 84.7 Å². The average molecular weight is 440 g/mol. The first-order valence-electron chi connectivity index (χ1n) is 9.38. The second-order valence-electron chi connectivity index (χ2n) is 6.86. The Bertz CT molecular complexity index is 1190. The Morgan fingerprint density at radius 2 is 1.66 bits per heavy atom. The van der Waals surface area contributed by atoms with Gasteiger partial charge in [-0.2, -0.15) is 0 Å². The molecule has 0 radical (unpaired) electrons. The summed E-state index contributed by atoms with van der Waals surface area (Å²) in [5, 5.41) is 10.9. The molecule has 0 aliphatic carbocycles. The summed E-state index contributed by atoms with van der Waals surface area (Å²) in [7, 11) is 0. The van der Waals surface area contributed by atoms with Crippen LogP contribution in [-0.4, -0.2) is 28.1 Å². The highest BCUT2D eigenvalue weighted by Gasteiger charge is 2.47. The van der Waals surface area contributed by atoms with Crippen molar-refractivity contribution in [3.63, 3.8) is 0 Å². The summed E-state index contributed by atoms with van der Waals surface area (Å²) in [5.74, 6) is -2.91. The van der Waals surface area contributed by atoms with Crippen molar-refractivity contribution in [1.82, 2.24) is 4.98 Å². The quantitative estimate of drug-likeness (QED) is 0.364. The number of hydrogen-bond acceptors (Lipinski definition) is 5. The number of benzene rings is 2. The molecule has 0 spiro atoms. The van der Waals surface area contributed by atoms with Gasteiger partial charge in [0.05, 0.1) is 11.6 Å². The number of alkyl halides is 3. The van der Waals surface area contributed by atoms with Crippen molar-refractivity contribution >= 4 is 23.1 Å². The summed E-state index contributed by atoms with van der Waals surface area (Å²) in [4.78, 5) is 30.9. The fourth-order valence-electron chi connectivity index (χ4n) is 3.55. The number of carbonyl (C=O) groups excluding carboxylic acids is 2. The number of halogens is 3. The number of hydrogen-bond donors (Lipinski definition) is 1. The zero-order valence-electron chi connectivity index (χ0n) is 16.3. The maximum Gasteiger partial charge on any atom is 0.573 e. The van der Waals surface area contributed by atoms with Gasteiger partial charge >= 0.3 is 6.36 Å². The van der Waals surface area contributed by atoms with E-state index in [1.54, 1.807) is 30.3 Å². The van der Waals surface area contributed by atoms with Crippen molar-refractivity contribution in [2.45, 2.75) is 12.4 Å². The van der Waals surface area contributed by atoms with Crippen molar-refractivity contribution < 1.29 is 32.6 Å². The largest absolute Gasteiger partial charge is 0.573 e. The Morgan fingerprint density at radius 3 is 2.31 bits per heavy atom. The van der Waals surface area contributed by atoms with Crippen LogP contribution in [0.25, 0.3) is 5.76 Å². The first kappa shape index (κ1) is 21.1. The van der Waals surface area contributed by atoms with Crippen molar-refractivity contribution in [3.8, 4) is 5.75 Å². The number of anilines is 1.